The second-order valence-corrected chi connectivity index (χ2v) is 13.7. The number of amides is 5. The zero-order chi connectivity index (χ0) is 39.1. The lowest BCUT2D eigenvalue weighted by molar-refractivity contribution is -0.128. The number of benzene rings is 3. The van der Waals surface area contributed by atoms with Gasteiger partial charge < -0.3 is 32.7 Å². The number of nitrogens with zero attached hydrogens (tertiary/aromatic N) is 2. The smallest absolute Gasteiger partial charge is 0.255 e. The number of aryl methyl sites for hydroxylation is 3. The van der Waals surface area contributed by atoms with Crippen molar-refractivity contribution in [2.45, 2.75) is 66.0 Å². The van der Waals surface area contributed by atoms with Gasteiger partial charge in [0.25, 0.3) is 5.91 Å². The number of allylic oxidation sites excluding steroid dienone is 1. The first-order valence-electron chi connectivity index (χ1n) is 17.7. The highest BCUT2D eigenvalue weighted by Gasteiger charge is 2.27. The zero-order valence-electron chi connectivity index (χ0n) is 31.1. The molecular formula is C41H46N8O5. The zero-order valence-corrected chi connectivity index (χ0v) is 31.1. The summed E-state index contributed by atoms with van der Waals surface area (Å²) in [6.07, 6.45) is 2.29. The number of anilines is 1. The van der Waals surface area contributed by atoms with Gasteiger partial charge in [0, 0.05) is 17.5 Å². The predicted octanol–water partition coefficient (Wildman–Crippen LogP) is 3.43. The second-order valence-electron chi connectivity index (χ2n) is 13.7. The molecule has 1 unspecified atom stereocenters. The first kappa shape index (κ1) is 39.0. The van der Waals surface area contributed by atoms with Gasteiger partial charge >= 0.3 is 0 Å². The molecule has 1 aliphatic heterocycles. The molecule has 4 bridgehead atoms. The Morgan fingerprint density at radius 3 is 2.28 bits per heavy atom. The Morgan fingerprint density at radius 2 is 1.63 bits per heavy atom. The van der Waals surface area contributed by atoms with Gasteiger partial charge in [-0.15, -0.1) is 0 Å². The Hall–Kier alpha value is -6.21. The van der Waals surface area contributed by atoms with Crippen molar-refractivity contribution in [2.75, 3.05) is 18.4 Å². The number of carbonyl (C=O) groups excluding carboxylic acids is 5. The van der Waals surface area contributed by atoms with Crippen molar-refractivity contribution in [1.82, 2.24) is 25.9 Å². The van der Waals surface area contributed by atoms with Crippen LogP contribution in [0.2, 0.25) is 0 Å². The highest BCUT2D eigenvalue weighted by atomic mass is 16.2. The molecule has 0 aliphatic carbocycles. The average Bonchev–Trinajstić information content (AvgIpc) is 3.10. The van der Waals surface area contributed by atoms with E-state index in [2.05, 4.69) is 37.3 Å². The minimum absolute atomic E-state index is 0.00256. The Morgan fingerprint density at radius 1 is 0.926 bits per heavy atom. The molecular weight excluding hydrogens is 685 g/mol. The van der Waals surface area contributed by atoms with Crippen molar-refractivity contribution in [3.05, 3.63) is 105 Å². The minimum atomic E-state index is -1.04. The molecule has 8 N–H and O–H groups in total. The van der Waals surface area contributed by atoms with Crippen LogP contribution in [0.1, 0.15) is 64.3 Å². The van der Waals surface area contributed by atoms with Crippen molar-refractivity contribution in [3.8, 4) is 22.5 Å². The summed E-state index contributed by atoms with van der Waals surface area (Å²) >= 11 is 0. The molecule has 280 valence electrons. The summed E-state index contributed by atoms with van der Waals surface area (Å²) in [4.78, 5) is 74.6. The number of primary amides is 1. The number of fused-ring (bicyclic) bond motifs is 5. The Kier molecular flexibility index (Phi) is 12.3. The van der Waals surface area contributed by atoms with Gasteiger partial charge in [0.2, 0.25) is 23.6 Å². The molecule has 54 heavy (non-hydrogen) atoms. The molecule has 13 nitrogen and oxygen atoms in total. The van der Waals surface area contributed by atoms with Gasteiger partial charge in [-0.3, -0.25) is 24.0 Å². The number of nitrogens with two attached hydrogens (primary N) is 2. The van der Waals surface area contributed by atoms with Crippen LogP contribution in [0.5, 0.6) is 0 Å². The van der Waals surface area contributed by atoms with Crippen molar-refractivity contribution in [2.24, 2.45) is 11.5 Å². The average molecular weight is 731 g/mol. The van der Waals surface area contributed by atoms with E-state index in [0.29, 0.717) is 50.7 Å². The van der Waals surface area contributed by atoms with Crippen LogP contribution in [0.25, 0.3) is 28.6 Å². The molecule has 0 saturated carbocycles. The predicted molar refractivity (Wildman–Crippen MR) is 208 cm³/mol. The SMILES string of the molecule is CC(C)=Cc1ccc(-c2nc(C)c(C(=O)N[C@@H](CCN)C(=O)Nc3c(C)cc4cc3-c3cccc(c3)CC(=O)NCC(=O)NC(C(N)=O)C4)c(C)n2)cc1. The van der Waals surface area contributed by atoms with Crippen LogP contribution in [0.4, 0.5) is 5.69 Å². The summed E-state index contributed by atoms with van der Waals surface area (Å²) in [5, 5.41) is 11.0. The van der Waals surface area contributed by atoms with Gasteiger partial charge in [-0.1, -0.05) is 66.2 Å². The number of hydrogen-bond acceptors (Lipinski definition) is 8. The van der Waals surface area contributed by atoms with E-state index in [1.165, 1.54) is 5.57 Å². The van der Waals surface area contributed by atoms with Gasteiger partial charge in [0.15, 0.2) is 5.82 Å². The van der Waals surface area contributed by atoms with E-state index in [0.717, 1.165) is 11.1 Å². The lowest BCUT2D eigenvalue weighted by Crippen LogP contribution is -2.49. The van der Waals surface area contributed by atoms with Gasteiger partial charge in [0.1, 0.15) is 12.1 Å². The van der Waals surface area contributed by atoms with Crippen molar-refractivity contribution in [3.63, 3.8) is 0 Å². The Labute approximate surface area is 314 Å². The molecule has 0 fully saturated rings. The maximum atomic E-state index is 14.0. The quantitative estimate of drug-likeness (QED) is 0.150. The lowest BCUT2D eigenvalue weighted by Gasteiger charge is -2.23. The minimum Gasteiger partial charge on any atom is -0.368 e. The van der Waals surface area contributed by atoms with E-state index >= 15 is 0 Å². The largest absolute Gasteiger partial charge is 0.368 e. The molecule has 5 rings (SSSR count). The fourth-order valence-corrected chi connectivity index (χ4v) is 6.46. The van der Waals surface area contributed by atoms with Crippen LogP contribution >= 0.6 is 0 Å². The van der Waals surface area contributed by atoms with E-state index in [1.54, 1.807) is 39.0 Å². The van der Waals surface area contributed by atoms with Gasteiger partial charge in [-0.05, 0) is 81.5 Å². The van der Waals surface area contributed by atoms with Crippen LogP contribution in [-0.4, -0.2) is 64.7 Å². The Balaban J connectivity index is 1.44. The molecule has 3 aromatic carbocycles. The molecule has 5 amide bonds. The van der Waals surface area contributed by atoms with E-state index in [9.17, 15) is 24.0 Å². The molecule has 4 aromatic rings. The van der Waals surface area contributed by atoms with Gasteiger partial charge in [-0.25, -0.2) is 9.97 Å². The fourth-order valence-electron chi connectivity index (χ4n) is 6.46. The summed E-state index contributed by atoms with van der Waals surface area (Å²) in [6.45, 7) is 9.14. The second kappa shape index (κ2) is 17.1. The molecule has 13 heteroatoms. The molecule has 2 heterocycles. The van der Waals surface area contributed by atoms with Crippen LogP contribution < -0.4 is 32.7 Å². The van der Waals surface area contributed by atoms with Crippen LogP contribution in [0.3, 0.4) is 0 Å². The highest BCUT2D eigenvalue weighted by molar-refractivity contribution is 6.04. The van der Waals surface area contributed by atoms with Crippen molar-refractivity contribution in [1.29, 1.82) is 0 Å². The van der Waals surface area contributed by atoms with Crippen LogP contribution in [0.15, 0.2) is 66.2 Å². The third kappa shape index (κ3) is 9.61. The van der Waals surface area contributed by atoms with E-state index in [4.69, 9.17) is 11.5 Å². The standard InChI is InChI=1S/C41H46N8O5/c1-22(2)15-26-9-11-29(12-10-26)39-45-24(4)36(25(5)46-39)41(54)48-32(13-14-42)40(53)49-37-23(3)16-28-18-31(37)30-8-6-7-27(17-30)20-34(50)44-21-35(51)47-33(19-28)38(43)52/h6-12,15-18,32-33H,13-14,19-21,42H2,1-5H3,(H2,43,52)(H,44,50)(H,47,51)(H,48,54)(H,49,53)/t32-,33?/m0/s1. The van der Waals surface area contributed by atoms with Gasteiger partial charge in [0.05, 0.1) is 35.6 Å². The fraction of sp³-hybridized carbons (Fsp3) is 0.293. The van der Waals surface area contributed by atoms with Crippen LogP contribution in [-0.2, 0) is 32.0 Å². The molecule has 1 aliphatic rings. The third-order valence-corrected chi connectivity index (χ3v) is 9.01. The number of carbonyl (C=O) groups is 5. The van der Waals surface area contributed by atoms with Gasteiger partial charge in [-0.2, -0.15) is 0 Å². The number of rotatable bonds is 9. The maximum Gasteiger partial charge on any atom is 0.255 e. The molecule has 0 spiro atoms. The van der Waals surface area contributed by atoms with E-state index < -0.39 is 35.7 Å². The number of hydrogen-bond donors (Lipinski definition) is 6. The van der Waals surface area contributed by atoms with Crippen molar-refractivity contribution < 1.29 is 24.0 Å². The highest BCUT2D eigenvalue weighted by Crippen LogP contribution is 2.34. The van der Waals surface area contributed by atoms with Crippen molar-refractivity contribution >= 4 is 41.3 Å². The van der Waals surface area contributed by atoms with E-state index in [1.807, 2.05) is 56.3 Å². The monoisotopic (exact) mass is 730 g/mol. The first-order chi connectivity index (χ1) is 25.7. The lowest BCUT2D eigenvalue weighted by atomic mass is 9.93. The summed E-state index contributed by atoms with van der Waals surface area (Å²) in [7, 11) is 0. The Bertz CT molecular complexity index is 2120. The maximum absolute atomic E-state index is 14.0. The third-order valence-electron chi connectivity index (χ3n) is 9.01. The molecule has 2 atom stereocenters. The normalized spacial score (nSPS) is 14.8. The summed E-state index contributed by atoms with van der Waals surface area (Å²) < 4.78 is 0. The summed E-state index contributed by atoms with van der Waals surface area (Å²) in [5.41, 5.74) is 19.6. The first-order valence-corrected chi connectivity index (χ1v) is 17.7. The number of nitrogens with one attached hydrogen (secondary N) is 4. The summed E-state index contributed by atoms with van der Waals surface area (Å²) in [6, 6.07) is 16.7. The topological polar surface area (TPSA) is 211 Å². The van der Waals surface area contributed by atoms with Crippen LogP contribution in [0, 0.1) is 20.8 Å². The van der Waals surface area contributed by atoms with E-state index in [-0.39, 0.29) is 43.8 Å². The molecule has 0 saturated heterocycles. The molecule has 1 aromatic heterocycles. The summed E-state index contributed by atoms with van der Waals surface area (Å²) in [5.74, 6) is -2.19. The number of aromatic nitrogens is 2. The molecule has 0 radical (unpaired) electrons.